The van der Waals surface area contributed by atoms with Gasteiger partial charge >= 0.3 is 0 Å². The number of rotatable bonds is 5. The lowest BCUT2D eigenvalue weighted by Gasteiger charge is -2.38. The fourth-order valence-corrected chi connectivity index (χ4v) is 5.66. The summed E-state index contributed by atoms with van der Waals surface area (Å²) in [5.74, 6) is -0.995. The first kappa shape index (κ1) is 32.3. The number of nitrogens with zero attached hydrogens (tertiary/aromatic N) is 3. The number of hydrogen-bond acceptors (Lipinski definition) is 7. The molecule has 3 aromatic rings. The number of carbonyl (C=O) groups is 1. The smallest absolute Gasteiger partial charge is 0.257 e. The number of fused-ring (bicyclic) bond motifs is 1. The maximum Gasteiger partial charge on any atom is 0.257 e. The zero-order valence-electron chi connectivity index (χ0n) is 23.6. The number of halogens is 3. The van der Waals surface area contributed by atoms with E-state index in [4.69, 9.17) is 27.9 Å². The number of piperidine rings is 1. The molecule has 42 heavy (non-hydrogen) atoms. The minimum Gasteiger partial charge on any atom is -0.385 e. The molecule has 3 aliphatic rings. The topological polar surface area (TPSA) is 108 Å². The zero-order chi connectivity index (χ0) is 30.1. The lowest BCUT2D eigenvalue weighted by molar-refractivity contribution is -0.0398. The van der Waals surface area contributed by atoms with Crippen LogP contribution in [0.1, 0.15) is 72.6 Å². The molecule has 2 aromatic carbocycles. The number of hydrogen-bond donors (Lipinski definition) is 3. The van der Waals surface area contributed by atoms with E-state index in [1.165, 1.54) is 37.4 Å². The van der Waals surface area contributed by atoms with Crippen molar-refractivity contribution >= 4 is 29.1 Å². The number of aliphatic hydroxyl groups is 2. The van der Waals surface area contributed by atoms with E-state index >= 15 is 4.39 Å². The molecule has 0 spiro atoms. The van der Waals surface area contributed by atoms with E-state index in [0.29, 0.717) is 17.0 Å². The first-order valence-electron chi connectivity index (χ1n) is 14.2. The van der Waals surface area contributed by atoms with Crippen molar-refractivity contribution in [1.29, 1.82) is 0 Å². The SMILES string of the molecule is C1CCOC1.CCC(O)(c1cc(F)c2c(c1)C(=O)N(Cc1ncc(Cl)cn1)C2O)C1CCNCC1.Clc1ccccc1. The minimum atomic E-state index is -1.45. The molecule has 3 aliphatic heterocycles. The van der Waals surface area contributed by atoms with Gasteiger partial charge in [-0.1, -0.05) is 48.3 Å². The summed E-state index contributed by atoms with van der Waals surface area (Å²) in [6.07, 6.45) is 5.81. The molecule has 4 heterocycles. The number of aromatic nitrogens is 2. The van der Waals surface area contributed by atoms with Gasteiger partial charge in [0, 0.05) is 36.2 Å². The summed E-state index contributed by atoms with van der Waals surface area (Å²) in [6, 6.07) is 12.2. The van der Waals surface area contributed by atoms with Crippen LogP contribution in [0.15, 0.2) is 54.9 Å². The van der Waals surface area contributed by atoms with Crippen LogP contribution in [0.2, 0.25) is 10.0 Å². The highest BCUT2D eigenvalue weighted by atomic mass is 35.5. The average Bonchev–Trinajstić information content (AvgIpc) is 3.67. The van der Waals surface area contributed by atoms with E-state index in [1.807, 2.05) is 37.3 Å². The Balaban J connectivity index is 0.000000278. The molecule has 0 bridgehead atoms. The summed E-state index contributed by atoms with van der Waals surface area (Å²) in [6.45, 7) is 5.33. The van der Waals surface area contributed by atoms with Crippen molar-refractivity contribution in [1.82, 2.24) is 20.2 Å². The molecule has 1 aromatic heterocycles. The van der Waals surface area contributed by atoms with Crippen LogP contribution in [0.25, 0.3) is 0 Å². The first-order chi connectivity index (χ1) is 20.2. The number of amides is 1. The Morgan fingerprint density at radius 3 is 2.24 bits per heavy atom. The predicted octanol–water partition coefficient (Wildman–Crippen LogP) is 5.65. The number of ether oxygens (including phenoxy) is 1. The van der Waals surface area contributed by atoms with Crippen LogP contribution in [-0.4, -0.2) is 57.3 Å². The van der Waals surface area contributed by atoms with Gasteiger partial charge in [0.2, 0.25) is 0 Å². The summed E-state index contributed by atoms with van der Waals surface area (Å²) in [5.41, 5.74) is -0.886. The van der Waals surface area contributed by atoms with Crippen LogP contribution in [0.4, 0.5) is 4.39 Å². The Hall–Kier alpha value is -2.66. The van der Waals surface area contributed by atoms with Crippen molar-refractivity contribution in [2.24, 2.45) is 5.92 Å². The lowest BCUT2D eigenvalue weighted by Crippen LogP contribution is -2.41. The van der Waals surface area contributed by atoms with E-state index in [1.54, 1.807) is 0 Å². The quantitative estimate of drug-likeness (QED) is 0.339. The molecule has 1 amide bonds. The Morgan fingerprint density at radius 2 is 1.71 bits per heavy atom. The van der Waals surface area contributed by atoms with E-state index in [0.717, 1.165) is 49.1 Å². The fraction of sp³-hybridized carbons (Fsp3) is 0.452. The van der Waals surface area contributed by atoms with Gasteiger partial charge in [-0.3, -0.25) is 4.79 Å². The zero-order valence-corrected chi connectivity index (χ0v) is 25.1. The third-order valence-corrected chi connectivity index (χ3v) is 8.22. The van der Waals surface area contributed by atoms with Crippen molar-refractivity contribution in [3.05, 3.63) is 93.2 Å². The van der Waals surface area contributed by atoms with Crippen LogP contribution in [0, 0.1) is 11.7 Å². The summed E-state index contributed by atoms with van der Waals surface area (Å²) >= 11 is 11.3. The second-order valence-electron chi connectivity index (χ2n) is 10.5. The molecular weight excluding hydrogens is 582 g/mol. The highest BCUT2D eigenvalue weighted by Crippen LogP contribution is 2.42. The Kier molecular flexibility index (Phi) is 11.7. The Morgan fingerprint density at radius 1 is 1.07 bits per heavy atom. The van der Waals surface area contributed by atoms with Gasteiger partial charge in [0.25, 0.3) is 5.91 Å². The lowest BCUT2D eigenvalue weighted by atomic mass is 9.74. The van der Waals surface area contributed by atoms with Crippen LogP contribution < -0.4 is 5.32 Å². The predicted molar refractivity (Wildman–Crippen MR) is 160 cm³/mol. The maximum absolute atomic E-state index is 15.1. The third-order valence-electron chi connectivity index (χ3n) is 7.77. The largest absolute Gasteiger partial charge is 0.385 e. The molecule has 3 N–H and O–H groups in total. The molecule has 0 saturated carbocycles. The highest BCUT2D eigenvalue weighted by Gasteiger charge is 2.43. The molecule has 11 heteroatoms. The third kappa shape index (κ3) is 7.83. The highest BCUT2D eigenvalue weighted by molar-refractivity contribution is 6.30. The minimum absolute atomic E-state index is 0.0406. The van der Waals surface area contributed by atoms with Gasteiger partial charge in [-0.05, 0) is 80.9 Å². The van der Waals surface area contributed by atoms with E-state index < -0.39 is 23.6 Å². The summed E-state index contributed by atoms with van der Waals surface area (Å²) in [7, 11) is 0. The van der Waals surface area contributed by atoms with Crippen molar-refractivity contribution in [3.8, 4) is 0 Å². The van der Waals surface area contributed by atoms with Crippen LogP contribution in [0.3, 0.4) is 0 Å². The summed E-state index contributed by atoms with van der Waals surface area (Å²) in [4.78, 5) is 22.2. The summed E-state index contributed by atoms with van der Waals surface area (Å²) < 4.78 is 20.0. The van der Waals surface area contributed by atoms with Gasteiger partial charge in [-0.25, -0.2) is 14.4 Å². The molecule has 226 valence electrons. The van der Waals surface area contributed by atoms with Gasteiger partial charge < -0.3 is 25.2 Å². The Labute approximate surface area is 255 Å². The van der Waals surface area contributed by atoms with Crippen LogP contribution in [0.5, 0.6) is 0 Å². The number of benzene rings is 2. The molecular formula is C31H37Cl2FN4O4. The van der Waals surface area contributed by atoms with Crippen molar-refractivity contribution < 1.29 is 24.1 Å². The summed E-state index contributed by atoms with van der Waals surface area (Å²) in [5, 5.41) is 26.5. The van der Waals surface area contributed by atoms with E-state index in [2.05, 4.69) is 15.3 Å². The van der Waals surface area contributed by atoms with Gasteiger partial charge in [0.15, 0.2) is 6.23 Å². The number of aliphatic hydroxyl groups excluding tert-OH is 1. The molecule has 6 rings (SSSR count). The van der Waals surface area contributed by atoms with Crippen molar-refractivity contribution in [3.63, 3.8) is 0 Å². The van der Waals surface area contributed by atoms with E-state index in [9.17, 15) is 15.0 Å². The second-order valence-corrected chi connectivity index (χ2v) is 11.3. The van der Waals surface area contributed by atoms with Gasteiger partial charge in [-0.2, -0.15) is 0 Å². The van der Waals surface area contributed by atoms with Gasteiger partial charge in [-0.15, -0.1) is 0 Å². The van der Waals surface area contributed by atoms with Crippen molar-refractivity contribution in [2.75, 3.05) is 26.3 Å². The molecule has 0 radical (unpaired) electrons. The maximum atomic E-state index is 15.1. The fourth-order valence-electron chi connectivity index (χ4n) is 5.41. The first-order valence-corrected chi connectivity index (χ1v) is 15.0. The monoisotopic (exact) mass is 618 g/mol. The average molecular weight is 620 g/mol. The van der Waals surface area contributed by atoms with Crippen molar-refractivity contribution in [2.45, 2.75) is 57.4 Å². The Bertz CT molecular complexity index is 1300. The second kappa shape index (κ2) is 15.2. The molecule has 2 fully saturated rings. The number of carbonyl (C=O) groups excluding carboxylic acids is 1. The molecule has 0 aliphatic carbocycles. The van der Waals surface area contributed by atoms with Gasteiger partial charge in [0.05, 0.1) is 22.7 Å². The molecule has 2 unspecified atom stereocenters. The standard InChI is InChI=1S/C21H24ClFN4O3.C6H5Cl.C4H8O/c1-2-21(30,12-3-5-24-6-4-12)13-7-15-18(16(23)8-13)20(29)27(19(15)28)11-17-25-9-14(22)10-26-17;7-6-4-2-1-3-5-6;1-2-4-5-3-1/h7-10,12,20,24,29-30H,2-6,11H2,1H3;1-5H;1-4H2. The number of nitrogens with one attached hydrogen (secondary N) is 1. The molecule has 2 atom stereocenters. The van der Waals surface area contributed by atoms with Crippen LogP contribution >= 0.6 is 23.2 Å². The van der Waals surface area contributed by atoms with Crippen LogP contribution in [-0.2, 0) is 16.9 Å². The van der Waals surface area contributed by atoms with E-state index in [-0.39, 0.29) is 29.4 Å². The molecule has 2 saturated heterocycles. The molecule has 8 nitrogen and oxygen atoms in total. The normalized spacial score (nSPS) is 19.7. The van der Waals surface area contributed by atoms with Gasteiger partial charge in [0.1, 0.15) is 11.6 Å².